The highest BCUT2D eigenvalue weighted by atomic mass is 16.1. The van der Waals surface area contributed by atoms with Gasteiger partial charge in [-0.1, -0.05) is 18.2 Å². The number of pyridine rings is 1. The Labute approximate surface area is 124 Å². The number of nitrogens with zero attached hydrogens (tertiary/aromatic N) is 1. The van der Waals surface area contributed by atoms with Crippen molar-refractivity contribution in [2.45, 2.75) is 25.7 Å². The molecule has 2 aliphatic rings. The van der Waals surface area contributed by atoms with Crippen LogP contribution in [0.4, 0.5) is 5.69 Å². The van der Waals surface area contributed by atoms with E-state index in [9.17, 15) is 4.79 Å². The number of hydrogen-bond donors (Lipinski definition) is 2. The molecule has 0 spiro atoms. The topological polar surface area (TPSA) is 68.0 Å². The van der Waals surface area contributed by atoms with Crippen LogP contribution in [0.2, 0.25) is 0 Å². The molecule has 3 N–H and O–H groups in total. The van der Waals surface area contributed by atoms with Gasteiger partial charge in [0.2, 0.25) is 5.91 Å². The Morgan fingerprint density at radius 1 is 1.24 bits per heavy atom. The molecule has 21 heavy (non-hydrogen) atoms. The van der Waals surface area contributed by atoms with Gasteiger partial charge in [0, 0.05) is 23.8 Å². The van der Waals surface area contributed by atoms with Crippen LogP contribution < -0.4 is 11.1 Å². The lowest BCUT2D eigenvalue weighted by molar-refractivity contribution is -0.117. The Morgan fingerprint density at radius 3 is 2.81 bits per heavy atom. The molecule has 1 heterocycles. The first kappa shape index (κ1) is 13.6. The minimum Gasteiger partial charge on any atom is -0.402 e. The average molecular weight is 281 g/mol. The second kappa shape index (κ2) is 5.95. The smallest absolute Gasteiger partial charge is 0.235 e. The number of nitrogens with one attached hydrogen (secondary N) is 1. The number of carbonyl (C=O) groups excluding carboxylic acids is 1. The summed E-state index contributed by atoms with van der Waals surface area (Å²) in [4.78, 5) is 16.3. The molecule has 4 heteroatoms. The lowest BCUT2D eigenvalue weighted by atomic mass is 9.90. The Bertz CT molecular complexity index is 629. The van der Waals surface area contributed by atoms with Crippen molar-refractivity contribution in [1.82, 2.24) is 4.98 Å². The number of hydrogen-bond acceptors (Lipinski definition) is 3. The molecular formula is C17H19N3O. The van der Waals surface area contributed by atoms with Crippen LogP contribution in [0.25, 0.3) is 0 Å². The van der Waals surface area contributed by atoms with Gasteiger partial charge in [-0.15, -0.1) is 0 Å². The maximum absolute atomic E-state index is 12.3. The lowest BCUT2D eigenvalue weighted by Gasteiger charge is -2.18. The van der Waals surface area contributed by atoms with E-state index in [0.29, 0.717) is 0 Å². The molecular weight excluding hydrogens is 262 g/mol. The first-order chi connectivity index (χ1) is 10.2. The van der Waals surface area contributed by atoms with Crippen molar-refractivity contribution >= 4 is 11.6 Å². The first-order valence-corrected chi connectivity index (χ1v) is 7.33. The number of amides is 1. The number of carbonyl (C=O) groups is 1. The lowest BCUT2D eigenvalue weighted by Crippen LogP contribution is -2.22. The van der Waals surface area contributed by atoms with Crippen LogP contribution in [-0.2, 0) is 4.79 Å². The Hall–Kier alpha value is -2.36. The van der Waals surface area contributed by atoms with E-state index in [2.05, 4.69) is 10.3 Å². The number of fused-ring (bicyclic) bond motifs is 1. The third-order valence-corrected chi connectivity index (χ3v) is 3.94. The number of rotatable bonds is 2. The highest BCUT2D eigenvalue weighted by Crippen LogP contribution is 2.32. The Balaban J connectivity index is 1.77. The molecule has 0 bridgehead atoms. The second-order valence-electron chi connectivity index (χ2n) is 5.45. The average Bonchev–Trinajstić information content (AvgIpc) is 2.70. The molecule has 1 atom stereocenters. The van der Waals surface area contributed by atoms with E-state index >= 15 is 0 Å². The molecule has 1 amide bonds. The van der Waals surface area contributed by atoms with Gasteiger partial charge in [0.25, 0.3) is 0 Å². The van der Waals surface area contributed by atoms with E-state index in [0.717, 1.165) is 42.6 Å². The van der Waals surface area contributed by atoms with Gasteiger partial charge < -0.3 is 11.1 Å². The van der Waals surface area contributed by atoms with Gasteiger partial charge in [-0.3, -0.25) is 9.78 Å². The van der Waals surface area contributed by atoms with Gasteiger partial charge in [0.1, 0.15) is 0 Å². The van der Waals surface area contributed by atoms with Gasteiger partial charge >= 0.3 is 0 Å². The van der Waals surface area contributed by atoms with Gasteiger partial charge in [-0.25, -0.2) is 0 Å². The van der Waals surface area contributed by atoms with E-state index in [1.807, 2.05) is 18.2 Å². The summed E-state index contributed by atoms with van der Waals surface area (Å²) in [6.07, 6.45) is 13.5. The molecule has 0 radical (unpaired) electrons. The van der Waals surface area contributed by atoms with Gasteiger partial charge in [0.15, 0.2) is 0 Å². The maximum Gasteiger partial charge on any atom is 0.235 e. The van der Waals surface area contributed by atoms with E-state index < -0.39 is 0 Å². The van der Waals surface area contributed by atoms with Crippen LogP contribution in [0.3, 0.4) is 0 Å². The van der Waals surface area contributed by atoms with Crippen LogP contribution in [-0.4, -0.2) is 10.9 Å². The third kappa shape index (κ3) is 3.05. The van der Waals surface area contributed by atoms with Crippen molar-refractivity contribution in [1.29, 1.82) is 0 Å². The number of aromatic nitrogens is 1. The van der Waals surface area contributed by atoms with Crippen molar-refractivity contribution < 1.29 is 4.79 Å². The van der Waals surface area contributed by atoms with Gasteiger partial charge in [0.05, 0.1) is 5.92 Å². The fourth-order valence-electron chi connectivity index (χ4n) is 2.79. The highest BCUT2D eigenvalue weighted by molar-refractivity contribution is 5.95. The molecule has 4 nitrogen and oxygen atoms in total. The molecule has 0 fully saturated rings. The van der Waals surface area contributed by atoms with E-state index in [1.165, 1.54) is 5.57 Å². The van der Waals surface area contributed by atoms with Gasteiger partial charge in [-0.05, 0) is 49.0 Å². The van der Waals surface area contributed by atoms with Crippen LogP contribution in [0.1, 0.15) is 25.7 Å². The minimum absolute atomic E-state index is 0.0215. The van der Waals surface area contributed by atoms with Crippen molar-refractivity contribution in [3.8, 4) is 0 Å². The monoisotopic (exact) mass is 281 g/mol. The normalized spacial score (nSPS) is 21.3. The molecule has 0 aromatic carbocycles. The predicted molar refractivity (Wildman–Crippen MR) is 83.3 cm³/mol. The molecule has 0 saturated carbocycles. The molecule has 108 valence electrons. The zero-order valence-corrected chi connectivity index (χ0v) is 11.9. The van der Waals surface area contributed by atoms with Crippen molar-refractivity contribution in [3.63, 3.8) is 0 Å². The summed E-state index contributed by atoms with van der Waals surface area (Å²) < 4.78 is 0. The minimum atomic E-state index is -0.234. The molecule has 1 unspecified atom stereocenters. The number of anilines is 1. The molecule has 0 saturated heterocycles. The van der Waals surface area contributed by atoms with Crippen molar-refractivity contribution in [3.05, 3.63) is 59.6 Å². The Kier molecular flexibility index (Phi) is 3.86. The molecule has 3 rings (SSSR count). The van der Waals surface area contributed by atoms with Crippen molar-refractivity contribution in [2.75, 3.05) is 5.32 Å². The zero-order chi connectivity index (χ0) is 14.7. The molecule has 0 aliphatic heterocycles. The predicted octanol–water partition coefficient (Wildman–Crippen LogP) is 2.92. The summed E-state index contributed by atoms with van der Waals surface area (Å²) in [5.74, 6) is -0.255. The zero-order valence-electron chi connectivity index (χ0n) is 11.9. The molecule has 2 aliphatic carbocycles. The molecule has 1 aromatic heterocycles. The second-order valence-corrected chi connectivity index (χ2v) is 5.45. The van der Waals surface area contributed by atoms with Gasteiger partial charge in [-0.2, -0.15) is 0 Å². The van der Waals surface area contributed by atoms with Crippen LogP contribution >= 0.6 is 0 Å². The quantitative estimate of drug-likeness (QED) is 0.875. The first-order valence-electron chi connectivity index (χ1n) is 7.33. The summed E-state index contributed by atoms with van der Waals surface area (Å²) >= 11 is 0. The van der Waals surface area contributed by atoms with E-state index in [-0.39, 0.29) is 11.8 Å². The fourth-order valence-corrected chi connectivity index (χ4v) is 2.79. The van der Waals surface area contributed by atoms with Crippen molar-refractivity contribution in [2.24, 2.45) is 11.7 Å². The Morgan fingerprint density at radius 2 is 2.00 bits per heavy atom. The highest BCUT2D eigenvalue weighted by Gasteiger charge is 2.21. The largest absolute Gasteiger partial charge is 0.402 e. The standard InChI is InChI=1S/C17H19N3O/c18-16-4-2-1-3-12-11-13(5-6-15(12)16)17(21)20-14-7-9-19-10-8-14/h5-11,13H,1-4,18H2,(H,19,20,21). The van der Waals surface area contributed by atoms with Crippen LogP contribution in [0.15, 0.2) is 59.6 Å². The summed E-state index contributed by atoms with van der Waals surface area (Å²) in [5, 5.41) is 2.91. The van der Waals surface area contributed by atoms with Crippen LogP contribution in [0, 0.1) is 5.92 Å². The van der Waals surface area contributed by atoms with E-state index in [4.69, 9.17) is 5.73 Å². The van der Waals surface area contributed by atoms with E-state index in [1.54, 1.807) is 24.5 Å². The third-order valence-electron chi connectivity index (χ3n) is 3.94. The summed E-state index contributed by atoms with van der Waals surface area (Å²) in [6, 6.07) is 3.57. The SMILES string of the molecule is NC1=C2C=CC(C(=O)Nc3ccncc3)C=C2CCCC1. The summed E-state index contributed by atoms with van der Waals surface area (Å²) in [7, 11) is 0. The molecule has 1 aromatic rings. The number of allylic oxidation sites excluding steroid dienone is 4. The maximum atomic E-state index is 12.3. The summed E-state index contributed by atoms with van der Waals surface area (Å²) in [6.45, 7) is 0. The fraction of sp³-hybridized carbons (Fsp3) is 0.294. The van der Waals surface area contributed by atoms with Crippen LogP contribution in [0.5, 0.6) is 0 Å². The summed E-state index contributed by atoms with van der Waals surface area (Å²) in [5.41, 5.74) is 10.2. The number of nitrogens with two attached hydrogens (primary N) is 1.